The second kappa shape index (κ2) is 7.36. The second-order valence-electron chi connectivity index (χ2n) is 7.19. The predicted octanol–water partition coefficient (Wildman–Crippen LogP) is 5.21. The number of aromatic nitrogens is 3. The van der Waals surface area contributed by atoms with Crippen molar-refractivity contribution in [3.63, 3.8) is 0 Å². The van der Waals surface area contributed by atoms with E-state index < -0.39 is 0 Å². The summed E-state index contributed by atoms with van der Waals surface area (Å²) in [5.74, 6) is 1.31. The van der Waals surface area contributed by atoms with Crippen molar-refractivity contribution in [2.45, 2.75) is 20.8 Å². The first kappa shape index (κ1) is 18.6. The zero-order valence-corrected chi connectivity index (χ0v) is 16.5. The fraction of sp³-hybridized carbons (Fsp3) is 0.125. The number of hydrogen-bond donors (Lipinski definition) is 2. The molecule has 4 rings (SSSR count). The molecule has 0 spiro atoms. The molecule has 4 aromatic rings. The molecular formula is C24H21N3O2. The van der Waals surface area contributed by atoms with Gasteiger partial charge in [0.1, 0.15) is 11.5 Å². The number of aryl methyl sites for hydroxylation is 3. The zero-order chi connectivity index (χ0) is 20.5. The van der Waals surface area contributed by atoms with Crippen LogP contribution < -0.4 is 0 Å². The first-order valence-electron chi connectivity index (χ1n) is 9.34. The normalized spacial score (nSPS) is 10.9. The van der Waals surface area contributed by atoms with E-state index in [4.69, 9.17) is 4.98 Å². The number of nitrogens with zero attached hydrogens (tertiary/aromatic N) is 3. The molecule has 0 amide bonds. The minimum Gasteiger partial charge on any atom is -0.508 e. The molecule has 0 unspecified atom stereocenters. The molecule has 0 aliphatic rings. The standard InChI is InChI=1S/C24H21N3O2/c1-14-4-7-17(8-5-14)22-25-23(19-10-6-15(2)12-16(19)3)27-24(26-22)20-11-9-18(28)13-21(20)29/h4-13,28-29H,1-3H3. The Morgan fingerprint density at radius 2 is 1.17 bits per heavy atom. The summed E-state index contributed by atoms with van der Waals surface area (Å²) in [4.78, 5) is 14.0. The summed E-state index contributed by atoms with van der Waals surface area (Å²) in [6.07, 6.45) is 0. The van der Waals surface area contributed by atoms with E-state index in [1.165, 1.54) is 12.1 Å². The Bertz CT molecular complexity index is 1130. The van der Waals surface area contributed by atoms with Gasteiger partial charge < -0.3 is 10.2 Å². The number of hydrogen-bond acceptors (Lipinski definition) is 5. The largest absolute Gasteiger partial charge is 0.508 e. The first-order valence-corrected chi connectivity index (χ1v) is 9.34. The Morgan fingerprint density at radius 3 is 1.83 bits per heavy atom. The van der Waals surface area contributed by atoms with Gasteiger partial charge in [0.05, 0.1) is 5.56 Å². The quantitative estimate of drug-likeness (QED) is 0.508. The summed E-state index contributed by atoms with van der Waals surface area (Å²) in [5, 5.41) is 20.0. The van der Waals surface area contributed by atoms with Gasteiger partial charge in [0.2, 0.25) is 0 Å². The van der Waals surface area contributed by atoms with Crippen LogP contribution in [-0.2, 0) is 0 Å². The van der Waals surface area contributed by atoms with Crippen molar-refractivity contribution >= 4 is 0 Å². The number of phenols is 2. The summed E-state index contributed by atoms with van der Waals surface area (Å²) in [5.41, 5.74) is 5.58. The number of phenolic OH excluding ortho intramolecular Hbond substituents is 2. The van der Waals surface area contributed by atoms with E-state index in [1.807, 2.05) is 57.2 Å². The van der Waals surface area contributed by atoms with Gasteiger partial charge in [-0.3, -0.25) is 0 Å². The van der Waals surface area contributed by atoms with Gasteiger partial charge in [0.25, 0.3) is 0 Å². The van der Waals surface area contributed by atoms with E-state index in [0.717, 1.165) is 27.8 Å². The number of rotatable bonds is 3. The maximum atomic E-state index is 10.3. The highest BCUT2D eigenvalue weighted by Gasteiger charge is 2.16. The van der Waals surface area contributed by atoms with Gasteiger partial charge in [-0.1, -0.05) is 53.6 Å². The van der Waals surface area contributed by atoms with Crippen molar-refractivity contribution < 1.29 is 10.2 Å². The van der Waals surface area contributed by atoms with Gasteiger partial charge in [-0.2, -0.15) is 0 Å². The Balaban J connectivity index is 1.95. The Labute approximate surface area is 169 Å². The highest BCUT2D eigenvalue weighted by Crippen LogP contribution is 2.32. The molecule has 0 aliphatic heterocycles. The highest BCUT2D eigenvalue weighted by atomic mass is 16.3. The lowest BCUT2D eigenvalue weighted by atomic mass is 10.0. The molecule has 0 fully saturated rings. The van der Waals surface area contributed by atoms with Crippen LogP contribution in [0.3, 0.4) is 0 Å². The molecule has 1 heterocycles. The van der Waals surface area contributed by atoms with E-state index in [0.29, 0.717) is 23.0 Å². The van der Waals surface area contributed by atoms with Crippen molar-refractivity contribution in [1.29, 1.82) is 0 Å². The van der Waals surface area contributed by atoms with Crippen molar-refractivity contribution in [2.24, 2.45) is 0 Å². The van der Waals surface area contributed by atoms with E-state index in [-0.39, 0.29) is 11.5 Å². The summed E-state index contributed by atoms with van der Waals surface area (Å²) >= 11 is 0. The fourth-order valence-corrected chi connectivity index (χ4v) is 3.22. The van der Waals surface area contributed by atoms with Crippen LogP contribution in [0.15, 0.2) is 60.7 Å². The van der Waals surface area contributed by atoms with E-state index in [1.54, 1.807) is 6.07 Å². The SMILES string of the molecule is Cc1ccc(-c2nc(-c3ccc(C)cc3C)nc(-c3ccc(O)cc3O)n2)cc1. The monoisotopic (exact) mass is 383 g/mol. The molecule has 2 N–H and O–H groups in total. The molecule has 144 valence electrons. The van der Waals surface area contributed by atoms with Crippen LogP contribution >= 0.6 is 0 Å². The molecule has 0 aliphatic carbocycles. The maximum absolute atomic E-state index is 10.3. The maximum Gasteiger partial charge on any atom is 0.167 e. The zero-order valence-electron chi connectivity index (χ0n) is 16.5. The van der Waals surface area contributed by atoms with Crippen LogP contribution in [0.2, 0.25) is 0 Å². The molecule has 29 heavy (non-hydrogen) atoms. The van der Waals surface area contributed by atoms with E-state index in [9.17, 15) is 10.2 Å². The summed E-state index contributed by atoms with van der Waals surface area (Å²) in [7, 11) is 0. The summed E-state index contributed by atoms with van der Waals surface area (Å²) < 4.78 is 0. The lowest BCUT2D eigenvalue weighted by Gasteiger charge is -2.11. The lowest BCUT2D eigenvalue weighted by Crippen LogP contribution is -2.01. The van der Waals surface area contributed by atoms with Crippen LogP contribution in [0.1, 0.15) is 16.7 Å². The van der Waals surface area contributed by atoms with E-state index >= 15 is 0 Å². The van der Waals surface area contributed by atoms with Crippen molar-refractivity contribution in [3.8, 4) is 45.7 Å². The highest BCUT2D eigenvalue weighted by molar-refractivity contribution is 5.71. The molecular weight excluding hydrogens is 362 g/mol. The molecule has 0 radical (unpaired) electrons. The van der Waals surface area contributed by atoms with Crippen molar-refractivity contribution in [3.05, 3.63) is 77.4 Å². The van der Waals surface area contributed by atoms with Gasteiger partial charge in [0.15, 0.2) is 17.5 Å². The van der Waals surface area contributed by atoms with Crippen LogP contribution in [0.4, 0.5) is 0 Å². The summed E-state index contributed by atoms with van der Waals surface area (Å²) in [6.45, 7) is 6.09. The minimum atomic E-state index is -0.0855. The van der Waals surface area contributed by atoms with Gasteiger partial charge in [-0.15, -0.1) is 0 Å². The van der Waals surface area contributed by atoms with Crippen LogP contribution in [-0.4, -0.2) is 25.2 Å². The molecule has 0 atom stereocenters. The predicted molar refractivity (Wildman–Crippen MR) is 114 cm³/mol. The molecule has 0 saturated carbocycles. The first-order chi connectivity index (χ1) is 13.9. The average Bonchev–Trinajstić information content (AvgIpc) is 2.68. The molecule has 3 aromatic carbocycles. The van der Waals surface area contributed by atoms with E-state index in [2.05, 4.69) is 16.0 Å². The molecule has 0 saturated heterocycles. The Kier molecular flexibility index (Phi) is 4.72. The third kappa shape index (κ3) is 3.80. The van der Waals surface area contributed by atoms with Gasteiger partial charge in [0, 0.05) is 17.2 Å². The number of benzene rings is 3. The van der Waals surface area contributed by atoms with Crippen LogP contribution in [0.5, 0.6) is 11.5 Å². The van der Waals surface area contributed by atoms with Crippen LogP contribution in [0, 0.1) is 20.8 Å². The van der Waals surface area contributed by atoms with Crippen LogP contribution in [0.25, 0.3) is 34.2 Å². The van der Waals surface area contributed by atoms with Crippen molar-refractivity contribution in [2.75, 3.05) is 0 Å². The summed E-state index contributed by atoms with van der Waals surface area (Å²) in [6, 6.07) is 18.4. The third-order valence-electron chi connectivity index (χ3n) is 4.79. The Hall–Kier alpha value is -3.73. The van der Waals surface area contributed by atoms with Gasteiger partial charge in [-0.25, -0.2) is 15.0 Å². The number of aromatic hydroxyl groups is 2. The minimum absolute atomic E-state index is 0.0198. The molecule has 0 bridgehead atoms. The molecule has 5 heteroatoms. The molecule has 1 aromatic heterocycles. The Morgan fingerprint density at radius 1 is 0.586 bits per heavy atom. The second-order valence-corrected chi connectivity index (χ2v) is 7.19. The lowest BCUT2D eigenvalue weighted by molar-refractivity contribution is 0.451. The smallest absolute Gasteiger partial charge is 0.167 e. The van der Waals surface area contributed by atoms with Gasteiger partial charge in [-0.05, 0) is 38.5 Å². The average molecular weight is 383 g/mol. The van der Waals surface area contributed by atoms with Gasteiger partial charge >= 0.3 is 0 Å². The topological polar surface area (TPSA) is 79.1 Å². The fourth-order valence-electron chi connectivity index (χ4n) is 3.22. The van der Waals surface area contributed by atoms with Crippen molar-refractivity contribution in [1.82, 2.24) is 15.0 Å². The molecule has 5 nitrogen and oxygen atoms in total. The third-order valence-corrected chi connectivity index (χ3v) is 4.79.